The van der Waals surface area contributed by atoms with Gasteiger partial charge in [-0.3, -0.25) is 14.9 Å². The second kappa shape index (κ2) is 8.54. The minimum atomic E-state index is -0.638. The standard InChI is InChI=1S/C21H15N3O5/c1-28-20-9-5-3-7-17(20)23-21(25)14(13-22)12-15-10-11-19(29-15)16-6-2-4-8-18(16)24(26)27/h2-12H,1H3,(H,23,25). The first-order valence-corrected chi connectivity index (χ1v) is 8.43. The summed E-state index contributed by atoms with van der Waals surface area (Å²) in [5.74, 6) is 0.284. The van der Waals surface area contributed by atoms with Gasteiger partial charge in [-0.05, 0) is 30.3 Å². The Bertz CT molecular complexity index is 1140. The zero-order valence-corrected chi connectivity index (χ0v) is 15.3. The third kappa shape index (κ3) is 4.31. The number of benzene rings is 2. The molecule has 0 unspecified atom stereocenters. The quantitative estimate of drug-likeness (QED) is 0.289. The molecule has 29 heavy (non-hydrogen) atoms. The normalized spacial score (nSPS) is 10.8. The third-order valence-electron chi connectivity index (χ3n) is 4.00. The third-order valence-corrected chi connectivity index (χ3v) is 4.00. The molecule has 0 spiro atoms. The number of ether oxygens (including phenoxy) is 1. The topological polar surface area (TPSA) is 118 Å². The fourth-order valence-electron chi connectivity index (χ4n) is 2.64. The van der Waals surface area contributed by atoms with E-state index in [2.05, 4.69) is 5.32 Å². The second-order valence-corrected chi connectivity index (χ2v) is 5.80. The summed E-state index contributed by atoms with van der Waals surface area (Å²) >= 11 is 0. The van der Waals surface area contributed by atoms with E-state index in [9.17, 15) is 20.2 Å². The molecule has 3 aromatic rings. The van der Waals surface area contributed by atoms with Gasteiger partial charge in [0.2, 0.25) is 0 Å². The summed E-state index contributed by atoms with van der Waals surface area (Å²) in [6.45, 7) is 0. The van der Waals surface area contributed by atoms with Crippen molar-refractivity contribution in [2.24, 2.45) is 0 Å². The van der Waals surface area contributed by atoms with Gasteiger partial charge in [0.05, 0.1) is 23.3 Å². The molecule has 0 saturated carbocycles. The molecule has 3 rings (SSSR count). The number of para-hydroxylation sites is 3. The molecule has 0 saturated heterocycles. The highest BCUT2D eigenvalue weighted by atomic mass is 16.6. The molecule has 8 heteroatoms. The summed E-state index contributed by atoms with van der Waals surface area (Å²) < 4.78 is 10.8. The highest BCUT2D eigenvalue weighted by Gasteiger charge is 2.18. The van der Waals surface area contributed by atoms with Gasteiger partial charge < -0.3 is 14.5 Å². The summed E-state index contributed by atoms with van der Waals surface area (Å²) in [6.07, 6.45) is 1.27. The number of nitro groups is 1. The van der Waals surface area contributed by atoms with E-state index in [1.54, 1.807) is 48.5 Å². The summed E-state index contributed by atoms with van der Waals surface area (Å²) in [5, 5.41) is 23.2. The Morgan fingerprint density at radius 2 is 1.90 bits per heavy atom. The molecule has 1 heterocycles. The van der Waals surface area contributed by atoms with E-state index >= 15 is 0 Å². The largest absolute Gasteiger partial charge is 0.495 e. The maximum atomic E-state index is 12.4. The molecule has 1 aromatic heterocycles. The summed E-state index contributed by atoms with van der Waals surface area (Å²) in [4.78, 5) is 23.1. The molecule has 0 aliphatic carbocycles. The SMILES string of the molecule is COc1ccccc1NC(=O)C(C#N)=Cc1ccc(-c2ccccc2[N+](=O)[O-])o1. The maximum absolute atomic E-state index is 12.4. The number of hydrogen-bond acceptors (Lipinski definition) is 6. The van der Waals surface area contributed by atoms with Crippen molar-refractivity contribution in [3.63, 3.8) is 0 Å². The van der Waals surface area contributed by atoms with E-state index in [0.29, 0.717) is 17.0 Å². The smallest absolute Gasteiger partial charge is 0.280 e. The molecule has 2 aromatic carbocycles. The Balaban J connectivity index is 1.87. The first kappa shape index (κ1) is 19.4. The van der Waals surface area contributed by atoms with Gasteiger partial charge in [-0.15, -0.1) is 0 Å². The number of nitrogens with zero attached hydrogens (tertiary/aromatic N) is 2. The zero-order valence-electron chi connectivity index (χ0n) is 15.3. The average molecular weight is 389 g/mol. The van der Waals surface area contributed by atoms with Gasteiger partial charge in [-0.1, -0.05) is 24.3 Å². The Hall–Kier alpha value is -4.38. The van der Waals surface area contributed by atoms with Crippen molar-refractivity contribution >= 4 is 23.4 Å². The zero-order chi connectivity index (χ0) is 20.8. The lowest BCUT2D eigenvalue weighted by Crippen LogP contribution is -2.14. The van der Waals surface area contributed by atoms with Crippen LogP contribution in [0.5, 0.6) is 5.75 Å². The van der Waals surface area contributed by atoms with Crippen LogP contribution < -0.4 is 10.1 Å². The molecule has 1 amide bonds. The van der Waals surface area contributed by atoms with E-state index in [1.807, 2.05) is 6.07 Å². The number of furan rings is 1. The fraction of sp³-hybridized carbons (Fsp3) is 0.0476. The fourth-order valence-corrected chi connectivity index (χ4v) is 2.64. The lowest BCUT2D eigenvalue weighted by Gasteiger charge is -2.08. The molecule has 144 valence electrons. The van der Waals surface area contributed by atoms with Crippen molar-refractivity contribution < 1.29 is 18.9 Å². The van der Waals surface area contributed by atoms with Crippen LogP contribution in [0, 0.1) is 21.4 Å². The molecule has 0 fully saturated rings. The van der Waals surface area contributed by atoms with Gasteiger partial charge in [0.15, 0.2) is 0 Å². The van der Waals surface area contributed by atoms with Crippen LogP contribution in [0.3, 0.4) is 0 Å². The lowest BCUT2D eigenvalue weighted by atomic mass is 10.1. The summed E-state index contributed by atoms with van der Waals surface area (Å²) in [5.41, 5.74) is 0.418. The monoisotopic (exact) mass is 389 g/mol. The number of methoxy groups -OCH3 is 1. The first-order valence-electron chi connectivity index (χ1n) is 8.43. The minimum absolute atomic E-state index is 0.105. The molecular weight excluding hydrogens is 374 g/mol. The van der Waals surface area contributed by atoms with Crippen LogP contribution in [-0.4, -0.2) is 17.9 Å². The van der Waals surface area contributed by atoms with Gasteiger partial charge >= 0.3 is 0 Å². The molecule has 0 radical (unpaired) electrons. The highest BCUT2D eigenvalue weighted by molar-refractivity contribution is 6.10. The van der Waals surface area contributed by atoms with Crippen molar-refractivity contribution in [2.45, 2.75) is 0 Å². The Kier molecular flexibility index (Phi) is 5.71. The number of amides is 1. The van der Waals surface area contributed by atoms with E-state index in [0.717, 1.165) is 0 Å². The van der Waals surface area contributed by atoms with Crippen molar-refractivity contribution in [3.05, 3.63) is 82.1 Å². The minimum Gasteiger partial charge on any atom is -0.495 e. The summed E-state index contributed by atoms with van der Waals surface area (Å²) in [7, 11) is 1.47. The number of carbonyl (C=O) groups excluding carboxylic acids is 1. The van der Waals surface area contributed by atoms with Crippen molar-refractivity contribution in [3.8, 4) is 23.1 Å². The van der Waals surface area contributed by atoms with Gasteiger partial charge in [0.25, 0.3) is 11.6 Å². The van der Waals surface area contributed by atoms with E-state index in [-0.39, 0.29) is 22.8 Å². The van der Waals surface area contributed by atoms with Crippen LogP contribution in [-0.2, 0) is 4.79 Å². The van der Waals surface area contributed by atoms with Crippen LogP contribution in [0.15, 0.2) is 70.7 Å². The van der Waals surface area contributed by atoms with Crippen molar-refractivity contribution in [1.29, 1.82) is 5.26 Å². The molecular formula is C21H15N3O5. The van der Waals surface area contributed by atoms with E-state index in [1.165, 1.54) is 25.3 Å². The second-order valence-electron chi connectivity index (χ2n) is 5.80. The number of carbonyl (C=O) groups is 1. The molecule has 0 atom stereocenters. The molecule has 0 aliphatic heterocycles. The number of anilines is 1. The van der Waals surface area contributed by atoms with Crippen LogP contribution in [0.4, 0.5) is 11.4 Å². The molecule has 1 N–H and O–H groups in total. The Labute approximate surface area is 165 Å². The highest BCUT2D eigenvalue weighted by Crippen LogP contribution is 2.31. The number of nitrogens with one attached hydrogen (secondary N) is 1. The number of nitro benzene ring substituents is 1. The number of hydrogen-bond donors (Lipinski definition) is 1. The average Bonchev–Trinajstić information content (AvgIpc) is 3.20. The van der Waals surface area contributed by atoms with Gasteiger partial charge in [0, 0.05) is 12.1 Å². The lowest BCUT2D eigenvalue weighted by molar-refractivity contribution is -0.384. The molecule has 0 aliphatic rings. The van der Waals surface area contributed by atoms with E-state index < -0.39 is 10.8 Å². The summed E-state index contributed by atoms with van der Waals surface area (Å²) in [6, 6.07) is 17.8. The predicted octanol–water partition coefficient (Wildman–Crippen LogP) is 4.41. The predicted molar refractivity (Wildman–Crippen MR) is 106 cm³/mol. The number of nitriles is 1. The van der Waals surface area contributed by atoms with Crippen molar-refractivity contribution in [2.75, 3.05) is 12.4 Å². The van der Waals surface area contributed by atoms with Crippen LogP contribution >= 0.6 is 0 Å². The maximum Gasteiger partial charge on any atom is 0.280 e. The van der Waals surface area contributed by atoms with Crippen LogP contribution in [0.1, 0.15) is 5.76 Å². The van der Waals surface area contributed by atoms with Crippen LogP contribution in [0.2, 0.25) is 0 Å². The Morgan fingerprint density at radius 3 is 2.62 bits per heavy atom. The molecule has 0 bridgehead atoms. The number of rotatable bonds is 6. The first-order chi connectivity index (χ1) is 14.0. The van der Waals surface area contributed by atoms with Crippen molar-refractivity contribution in [1.82, 2.24) is 0 Å². The Morgan fingerprint density at radius 1 is 1.17 bits per heavy atom. The van der Waals surface area contributed by atoms with Crippen LogP contribution in [0.25, 0.3) is 17.4 Å². The van der Waals surface area contributed by atoms with Gasteiger partial charge in [0.1, 0.15) is 28.9 Å². The van der Waals surface area contributed by atoms with Gasteiger partial charge in [-0.2, -0.15) is 5.26 Å². The van der Waals surface area contributed by atoms with E-state index in [4.69, 9.17) is 9.15 Å². The molecule has 8 nitrogen and oxygen atoms in total. The van der Waals surface area contributed by atoms with Gasteiger partial charge in [-0.25, -0.2) is 0 Å².